The van der Waals surface area contributed by atoms with Crippen LogP contribution in [0.3, 0.4) is 0 Å². The molecular formula is C51H32N4OS. The molecule has 1 atom stereocenters. The molecule has 11 aromatic rings. The molecule has 0 fully saturated rings. The molecule has 8 aromatic carbocycles. The monoisotopic (exact) mass is 748 g/mol. The summed E-state index contributed by atoms with van der Waals surface area (Å²) in [7, 11) is 0. The fourth-order valence-corrected chi connectivity index (χ4v) is 9.77. The third kappa shape index (κ3) is 5.08. The highest BCUT2D eigenvalue weighted by Gasteiger charge is 2.23. The summed E-state index contributed by atoms with van der Waals surface area (Å²) in [4.78, 5) is 10.2. The number of benzene rings is 8. The second-order valence-corrected chi connectivity index (χ2v) is 15.6. The fraction of sp³-hybridized carbons (Fsp3) is 0.0196. The van der Waals surface area contributed by atoms with E-state index in [4.69, 9.17) is 14.4 Å². The maximum atomic E-state index is 6.89. The number of fused-ring (bicyclic) bond motifs is 9. The molecule has 1 aliphatic heterocycles. The van der Waals surface area contributed by atoms with Crippen molar-refractivity contribution in [3.8, 4) is 16.8 Å². The Morgan fingerprint density at radius 3 is 2.04 bits per heavy atom. The van der Waals surface area contributed by atoms with Crippen molar-refractivity contribution >= 4 is 86.9 Å². The zero-order valence-electron chi connectivity index (χ0n) is 30.6. The smallest absolute Gasteiger partial charge is 0.159 e. The zero-order chi connectivity index (χ0) is 37.5. The summed E-state index contributed by atoms with van der Waals surface area (Å²) in [5.74, 6) is 1.46. The summed E-state index contributed by atoms with van der Waals surface area (Å²) < 4.78 is 11.8. The molecule has 0 aliphatic carbocycles. The summed E-state index contributed by atoms with van der Waals surface area (Å²) in [5.41, 5.74) is 10.5. The molecule has 4 heterocycles. The van der Waals surface area contributed by atoms with E-state index in [1.165, 1.54) is 42.0 Å². The predicted octanol–water partition coefficient (Wildman–Crippen LogP) is 13.2. The number of hydrogen-bond acceptors (Lipinski definition) is 5. The zero-order valence-corrected chi connectivity index (χ0v) is 31.4. The van der Waals surface area contributed by atoms with Crippen LogP contribution in [0.5, 0.6) is 0 Å². The van der Waals surface area contributed by atoms with Crippen LogP contribution < -0.4 is 5.32 Å². The quantitative estimate of drug-likeness (QED) is 0.191. The van der Waals surface area contributed by atoms with Crippen LogP contribution in [0, 0.1) is 0 Å². The summed E-state index contributed by atoms with van der Waals surface area (Å²) in [6.45, 7) is 0. The molecule has 1 unspecified atom stereocenters. The SMILES string of the molecule is c1ccc(C2=NC(c3ccc4c(c3)oc3c(-c5cccc6sc7ccc(-n8c9ccccc9c9ccccc98)cc7c56)cccc34)=NC(c3ccccc3)N2)cc1. The van der Waals surface area contributed by atoms with Crippen molar-refractivity contribution in [1.29, 1.82) is 0 Å². The fourth-order valence-electron chi connectivity index (χ4n) is 8.66. The van der Waals surface area contributed by atoms with Gasteiger partial charge in [0, 0.05) is 64.1 Å². The summed E-state index contributed by atoms with van der Waals surface area (Å²) >= 11 is 1.84. The summed E-state index contributed by atoms with van der Waals surface area (Å²) in [6.07, 6.45) is -0.275. The van der Waals surface area contributed by atoms with Gasteiger partial charge in [-0.3, -0.25) is 0 Å². The minimum absolute atomic E-state index is 0.275. The van der Waals surface area contributed by atoms with Crippen molar-refractivity contribution in [2.24, 2.45) is 9.98 Å². The van der Waals surface area contributed by atoms with Crippen molar-refractivity contribution in [3.05, 3.63) is 199 Å². The molecule has 1 N–H and O–H groups in total. The summed E-state index contributed by atoms with van der Waals surface area (Å²) in [5, 5.41) is 10.7. The number of nitrogens with zero attached hydrogens (tertiary/aromatic N) is 3. The van der Waals surface area contributed by atoms with Crippen LogP contribution in [0.4, 0.5) is 0 Å². The molecule has 0 saturated carbocycles. The van der Waals surface area contributed by atoms with Gasteiger partial charge in [-0.15, -0.1) is 11.3 Å². The molecule has 0 radical (unpaired) electrons. The molecule has 3 aromatic heterocycles. The van der Waals surface area contributed by atoms with Crippen LogP contribution in [0.2, 0.25) is 0 Å². The molecule has 0 bridgehead atoms. The highest BCUT2D eigenvalue weighted by molar-refractivity contribution is 7.26. The van der Waals surface area contributed by atoms with Crippen LogP contribution in [-0.4, -0.2) is 16.2 Å². The Bertz CT molecular complexity index is 3390. The Labute approximate surface area is 331 Å². The minimum atomic E-state index is -0.275. The topological polar surface area (TPSA) is 54.8 Å². The number of nitrogens with one attached hydrogen (secondary N) is 1. The van der Waals surface area contributed by atoms with Gasteiger partial charge in [-0.2, -0.15) is 0 Å². The number of para-hydroxylation sites is 3. The van der Waals surface area contributed by atoms with Gasteiger partial charge in [0.1, 0.15) is 23.2 Å². The number of thiophene rings is 1. The lowest BCUT2D eigenvalue weighted by atomic mass is 9.97. The minimum Gasteiger partial charge on any atom is -0.455 e. The average molecular weight is 749 g/mol. The third-order valence-electron chi connectivity index (χ3n) is 11.3. The van der Waals surface area contributed by atoms with Gasteiger partial charge in [0.15, 0.2) is 5.84 Å². The molecule has 0 amide bonds. The average Bonchev–Trinajstić information content (AvgIpc) is 3.96. The Morgan fingerprint density at radius 2 is 1.23 bits per heavy atom. The highest BCUT2D eigenvalue weighted by atomic mass is 32.1. The number of furan rings is 1. The third-order valence-corrected chi connectivity index (χ3v) is 12.4. The van der Waals surface area contributed by atoms with E-state index in [0.717, 1.165) is 61.3 Å². The van der Waals surface area contributed by atoms with E-state index in [9.17, 15) is 0 Å². The maximum Gasteiger partial charge on any atom is 0.159 e. The molecule has 1 aliphatic rings. The molecule has 6 heteroatoms. The van der Waals surface area contributed by atoms with Gasteiger partial charge in [0.2, 0.25) is 0 Å². The van der Waals surface area contributed by atoms with Crippen molar-refractivity contribution in [1.82, 2.24) is 9.88 Å². The van der Waals surface area contributed by atoms with Crippen LogP contribution in [0.25, 0.3) is 80.7 Å². The number of aliphatic imine (C=N–C) groups is 2. The molecule has 5 nitrogen and oxygen atoms in total. The highest BCUT2D eigenvalue weighted by Crippen LogP contribution is 2.45. The lowest BCUT2D eigenvalue weighted by Crippen LogP contribution is -2.33. The molecule has 57 heavy (non-hydrogen) atoms. The van der Waals surface area contributed by atoms with Crippen LogP contribution >= 0.6 is 11.3 Å². The number of amidine groups is 2. The van der Waals surface area contributed by atoms with Crippen LogP contribution in [0.15, 0.2) is 196 Å². The Hall–Kier alpha value is -7.28. The normalized spacial score (nSPS) is 14.5. The Kier molecular flexibility index (Phi) is 7.09. The van der Waals surface area contributed by atoms with Gasteiger partial charge in [-0.1, -0.05) is 133 Å². The second kappa shape index (κ2) is 12.6. The van der Waals surface area contributed by atoms with E-state index >= 15 is 0 Å². The summed E-state index contributed by atoms with van der Waals surface area (Å²) in [6, 6.07) is 64.3. The number of aromatic nitrogens is 1. The van der Waals surface area contributed by atoms with Gasteiger partial charge in [-0.25, -0.2) is 9.98 Å². The van der Waals surface area contributed by atoms with E-state index in [0.29, 0.717) is 5.84 Å². The molecule has 0 saturated heterocycles. The van der Waals surface area contributed by atoms with Gasteiger partial charge >= 0.3 is 0 Å². The molecule has 268 valence electrons. The lowest BCUT2D eigenvalue weighted by Gasteiger charge is -2.23. The first-order chi connectivity index (χ1) is 28.2. The Morgan fingerprint density at radius 1 is 0.526 bits per heavy atom. The van der Waals surface area contributed by atoms with Crippen molar-refractivity contribution < 1.29 is 4.42 Å². The number of rotatable bonds is 5. The maximum absolute atomic E-state index is 6.89. The van der Waals surface area contributed by atoms with E-state index < -0.39 is 0 Å². The Balaban J connectivity index is 1.01. The van der Waals surface area contributed by atoms with Crippen LogP contribution in [0.1, 0.15) is 22.9 Å². The lowest BCUT2D eigenvalue weighted by molar-refractivity contribution is 0.668. The van der Waals surface area contributed by atoms with Gasteiger partial charge in [0.05, 0.1) is 11.0 Å². The first kappa shape index (κ1) is 32.0. The standard InChI is InChI=1S/C51H32N4OS/c1-3-13-31(14-4-1)49-52-50(32-15-5-2-6-16-32)54-51(53-49)33-25-27-37-39-20-11-21-40(48(39)56-44(37)29-33)38-19-12-24-46-47(38)41-30-34(26-28-45(41)57-46)55-42-22-9-7-17-35(42)36-18-8-10-23-43(36)55/h1-30,49H,(H,52,53,54). The molecule has 12 rings (SSSR count). The first-order valence-corrected chi connectivity index (χ1v) is 20.0. The van der Waals surface area contributed by atoms with E-state index in [-0.39, 0.29) is 6.17 Å². The van der Waals surface area contributed by atoms with Gasteiger partial charge < -0.3 is 14.3 Å². The van der Waals surface area contributed by atoms with Crippen molar-refractivity contribution in [2.45, 2.75) is 6.17 Å². The molecular weight excluding hydrogens is 717 g/mol. The largest absolute Gasteiger partial charge is 0.455 e. The number of hydrogen-bond donors (Lipinski definition) is 1. The van der Waals surface area contributed by atoms with Crippen molar-refractivity contribution in [2.75, 3.05) is 0 Å². The first-order valence-electron chi connectivity index (χ1n) is 19.2. The van der Waals surface area contributed by atoms with E-state index in [1.54, 1.807) is 0 Å². The second-order valence-electron chi connectivity index (χ2n) is 14.6. The van der Waals surface area contributed by atoms with Crippen molar-refractivity contribution in [3.63, 3.8) is 0 Å². The predicted molar refractivity (Wildman–Crippen MR) is 238 cm³/mol. The van der Waals surface area contributed by atoms with Gasteiger partial charge in [-0.05, 0) is 59.7 Å². The van der Waals surface area contributed by atoms with E-state index in [1.807, 2.05) is 47.7 Å². The van der Waals surface area contributed by atoms with Crippen LogP contribution in [-0.2, 0) is 0 Å². The molecule has 0 spiro atoms. The van der Waals surface area contributed by atoms with Gasteiger partial charge in [0.25, 0.3) is 0 Å². The van der Waals surface area contributed by atoms with E-state index in [2.05, 4.69) is 155 Å².